The molecule has 0 aromatic rings. The third-order valence-electron chi connectivity index (χ3n) is 2.71. The normalized spacial score (nSPS) is 16.3. The van der Waals surface area contributed by atoms with Gasteiger partial charge in [0, 0.05) is 12.3 Å². The topological polar surface area (TPSA) is 64.6 Å². The van der Waals surface area contributed by atoms with Crippen molar-refractivity contribution in [1.82, 2.24) is 5.32 Å². The third-order valence-corrected chi connectivity index (χ3v) is 2.93. The van der Waals surface area contributed by atoms with Crippen LogP contribution in [0.25, 0.3) is 0 Å². The van der Waals surface area contributed by atoms with E-state index in [2.05, 4.69) is 22.7 Å². The lowest BCUT2D eigenvalue weighted by molar-refractivity contribution is -0.157. The molecule has 1 aliphatic rings. The van der Waals surface area contributed by atoms with Crippen LogP contribution in [0.2, 0.25) is 0 Å². The summed E-state index contributed by atoms with van der Waals surface area (Å²) >= 11 is 3.93. The number of carbonyl (C=O) groups is 2. The van der Waals surface area contributed by atoms with Gasteiger partial charge in [-0.25, -0.2) is 4.79 Å². The fraction of sp³-hybridized carbons (Fsp3) is 0.818. The number of esters is 1. The predicted octanol–water partition coefficient (Wildman–Crippen LogP) is 1.72. The lowest BCUT2D eigenvalue weighted by Gasteiger charge is -2.19. The summed E-state index contributed by atoms with van der Waals surface area (Å²) < 4.78 is 9.57. The molecule has 98 valence electrons. The SMILES string of the molecule is O=C(NCCS)OCOC(=O)C1CCCCC1. The maximum atomic E-state index is 11.5. The van der Waals surface area contributed by atoms with Crippen molar-refractivity contribution >= 4 is 24.7 Å². The Morgan fingerprint density at radius 1 is 1.18 bits per heavy atom. The highest BCUT2D eigenvalue weighted by Gasteiger charge is 2.22. The monoisotopic (exact) mass is 261 g/mol. The zero-order valence-electron chi connectivity index (χ0n) is 9.81. The van der Waals surface area contributed by atoms with Crippen molar-refractivity contribution in [3.8, 4) is 0 Å². The van der Waals surface area contributed by atoms with Crippen LogP contribution in [0.3, 0.4) is 0 Å². The molecule has 1 N–H and O–H groups in total. The van der Waals surface area contributed by atoms with Crippen molar-refractivity contribution < 1.29 is 19.1 Å². The van der Waals surface area contributed by atoms with E-state index in [9.17, 15) is 9.59 Å². The molecule has 0 bridgehead atoms. The fourth-order valence-electron chi connectivity index (χ4n) is 1.81. The zero-order valence-corrected chi connectivity index (χ0v) is 10.7. The Kier molecular flexibility index (Phi) is 6.84. The van der Waals surface area contributed by atoms with Gasteiger partial charge in [-0.3, -0.25) is 4.79 Å². The fourth-order valence-corrected chi connectivity index (χ4v) is 1.92. The molecule has 0 aromatic heterocycles. The molecule has 0 aromatic carbocycles. The first-order valence-electron chi connectivity index (χ1n) is 5.92. The molecule has 1 saturated carbocycles. The molecule has 0 atom stereocenters. The predicted molar refractivity (Wildman–Crippen MR) is 65.9 cm³/mol. The number of hydrogen-bond donors (Lipinski definition) is 2. The number of rotatable bonds is 5. The van der Waals surface area contributed by atoms with Crippen LogP contribution in [0.1, 0.15) is 32.1 Å². The highest BCUT2D eigenvalue weighted by atomic mass is 32.1. The van der Waals surface area contributed by atoms with Gasteiger partial charge in [0.15, 0.2) is 0 Å². The number of ether oxygens (including phenoxy) is 2. The molecule has 0 spiro atoms. The van der Waals surface area contributed by atoms with Crippen LogP contribution in [0.5, 0.6) is 0 Å². The Labute approximate surface area is 107 Å². The minimum Gasteiger partial charge on any atom is -0.428 e. The van der Waals surface area contributed by atoms with Gasteiger partial charge in [0.05, 0.1) is 5.92 Å². The van der Waals surface area contributed by atoms with Gasteiger partial charge in [0.25, 0.3) is 0 Å². The second-order valence-corrected chi connectivity index (χ2v) is 4.45. The molecular formula is C11H19NO4S. The first-order chi connectivity index (χ1) is 8.24. The quantitative estimate of drug-likeness (QED) is 0.449. The van der Waals surface area contributed by atoms with E-state index in [1.165, 1.54) is 6.42 Å². The summed E-state index contributed by atoms with van der Waals surface area (Å²) in [5.41, 5.74) is 0. The van der Waals surface area contributed by atoms with Crippen molar-refractivity contribution in [1.29, 1.82) is 0 Å². The maximum Gasteiger partial charge on any atom is 0.410 e. The van der Waals surface area contributed by atoms with E-state index in [1.54, 1.807) is 0 Å². The second kappa shape index (κ2) is 8.22. The molecule has 5 nitrogen and oxygen atoms in total. The highest BCUT2D eigenvalue weighted by molar-refractivity contribution is 7.80. The van der Waals surface area contributed by atoms with Crippen molar-refractivity contribution in [2.24, 2.45) is 5.92 Å². The lowest BCUT2D eigenvalue weighted by atomic mass is 9.89. The van der Waals surface area contributed by atoms with Gasteiger partial charge < -0.3 is 14.8 Å². The average Bonchev–Trinajstić information content (AvgIpc) is 2.37. The van der Waals surface area contributed by atoms with E-state index in [0.29, 0.717) is 12.3 Å². The molecule has 0 aliphatic heterocycles. The standard InChI is InChI=1S/C11H19NO4S/c13-10(9-4-2-1-3-5-9)15-8-16-11(14)12-6-7-17/h9,17H,1-8H2,(H,12,14). The molecule has 17 heavy (non-hydrogen) atoms. The minimum absolute atomic E-state index is 0.0205. The summed E-state index contributed by atoms with van der Waals surface area (Å²) in [7, 11) is 0. The van der Waals surface area contributed by atoms with E-state index in [4.69, 9.17) is 4.74 Å². The Balaban J connectivity index is 2.08. The Morgan fingerprint density at radius 2 is 1.88 bits per heavy atom. The number of amides is 1. The van der Waals surface area contributed by atoms with Crippen molar-refractivity contribution in [3.05, 3.63) is 0 Å². The zero-order chi connectivity index (χ0) is 12.5. The van der Waals surface area contributed by atoms with E-state index in [1.807, 2.05) is 0 Å². The number of alkyl carbamates (subject to hydrolysis) is 1. The summed E-state index contributed by atoms with van der Waals surface area (Å²) in [6, 6.07) is 0. The van der Waals surface area contributed by atoms with Crippen LogP contribution in [-0.2, 0) is 14.3 Å². The van der Waals surface area contributed by atoms with Gasteiger partial charge in [-0.15, -0.1) is 0 Å². The van der Waals surface area contributed by atoms with Crippen LogP contribution in [0.15, 0.2) is 0 Å². The Morgan fingerprint density at radius 3 is 2.53 bits per heavy atom. The highest BCUT2D eigenvalue weighted by Crippen LogP contribution is 2.24. The van der Waals surface area contributed by atoms with Gasteiger partial charge in [0.1, 0.15) is 0 Å². The minimum atomic E-state index is -0.588. The van der Waals surface area contributed by atoms with Crippen LogP contribution >= 0.6 is 12.6 Å². The lowest BCUT2D eigenvalue weighted by Crippen LogP contribution is -2.28. The van der Waals surface area contributed by atoms with E-state index >= 15 is 0 Å². The molecule has 0 unspecified atom stereocenters. The van der Waals surface area contributed by atoms with Crippen LogP contribution in [0.4, 0.5) is 4.79 Å². The van der Waals surface area contributed by atoms with Gasteiger partial charge in [-0.1, -0.05) is 19.3 Å². The number of carbonyl (C=O) groups excluding carboxylic acids is 2. The van der Waals surface area contributed by atoms with Crippen molar-refractivity contribution in [2.75, 3.05) is 19.1 Å². The summed E-state index contributed by atoms with van der Waals surface area (Å²) in [6.45, 7) is 0.117. The van der Waals surface area contributed by atoms with Crippen molar-refractivity contribution in [2.45, 2.75) is 32.1 Å². The summed E-state index contributed by atoms with van der Waals surface area (Å²) in [4.78, 5) is 22.5. The van der Waals surface area contributed by atoms with Crippen LogP contribution < -0.4 is 5.32 Å². The van der Waals surface area contributed by atoms with Gasteiger partial charge in [-0.2, -0.15) is 12.6 Å². The molecule has 6 heteroatoms. The van der Waals surface area contributed by atoms with Gasteiger partial charge in [-0.05, 0) is 12.8 Å². The first kappa shape index (κ1) is 14.2. The molecule has 1 amide bonds. The summed E-state index contributed by atoms with van der Waals surface area (Å²) in [6.07, 6.45) is 4.50. The third kappa shape index (κ3) is 5.81. The summed E-state index contributed by atoms with van der Waals surface area (Å²) in [5, 5.41) is 2.46. The van der Waals surface area contributed by atoms with E-state index in [-0.39, 0.29) is 18.7 Å². The summed E-state index contributed by atoms with van der Waals surface area (Å²) in [5.74, 6) is 0.260. The van der Waals surface area contributed by atoms with Gasteiger partial charge in [0.2, 0.25) is 6.79 Å². The number of thiol groups is 1. The van der Waals surface area contributed by atoms with Crippen molar-refractivity contribution in [3.63, 3.8) is 0 Å². The Hall–Kier alpha value is -0.910. The maximum absolute atomic E-state index is 11.5. The van der Waals surface area contributed by atoms with Crippen LogP contribution in [-0.4, -0.2) is 31.2 Å². The molecule has 1 fully saturated rings. The average molecular weight is 261 g/mol. The van der Waals surface area contributed by atoms with Crippen LogP contribution in [0, 0.1) is 5.92 Å². The van der Waals surface area contributed by atoms with Gasteiger partial charge >= 0.3 is 12.1 Å². The molecule has 0 heterocycles. The van der Waals surface area contributed by atoms with E-state index in [0.717, 1.165) is 25.7 Å². The molecule has 0 saturated heterocycles. The molecular weight excluding hydrogens is 242 g/mol. The van der Waals surface area contributed by atoms with E-state index < -0.39 is 6.09 Å². The first-order valence-corrected chi connectivity index (χ1v) is 6.55. The second-order valence-electron chi connectivity index (χ2n) is 4.00. The number of nitrogens with one attached hydrogen (secondary N) is 1. The smallest absolute Gasteiger partial charge is 0.410 e. The Bertz CT molecular complexity index is 254. The molecule has 1 rings (SSSR count). The largest absolute Gasteiger partial charge is 0.428 e. The molecule has 1 aliphatic carbocycles. The number of hydrogen-bond acceptors (Lipinski definition) is 5. The molecule has 0 radical (unpaired) electrons.